The van der Waals surface area contributed by atoms with E-state index in [2.05, 4.69) is 0 Å². The van der Waals surface area contributed by atoms with Crippen molar-refractivity contribution < 1.29 is 33.3 Å². The predicted octanol–water partition coefficient (Wildman–Crippen LogP) is -0.713. The normalized spacial score (nSPS) is 29.3. The smallest absolute Gasteiger partial charge is 0.403 e. The lowest BCUT2D eigenvalue weighted by Gasteiger charge is -2.22. The Kier molecular flexibility index (Phi) is 3.76. The molecule has 94 valence electrons. The van der Waals surface area contributed by atoms with E-state index < -0.39 is 36.8 Å². The molecule has 0 bridgehead atoms. The number of aliphatic hydroxyl groups excluding tert-OH is 2. The van der Waals surface area contributed by atoms with Crippen molar-refractivity contribution in [3.05, 3.63) is 0 Å². The van der Waals surface area contributed by atoms with E-state index in [9.17, 15) is 18.0 Å². The van der Waals surface area contributed by atoms with Crippen LogP contribution in [0.15, 0.2) is 0 Å². The molecule has 0 aromatic heterocycles. The molecule has 1 fully saturated rings. The van der Waals surface area contributed by atoms with Crippen LogP contribution in [0.2, 0.25) is 0 Å². The maximum atomic E-state index is 12.3. The number of rotatable bonds is 3. The van der Waals surface area contributed by atoms with E-state index in [0.717, 1.165) is 4.90 Å². The van der Waals surface area contributed by atoms with Gasteiger partial charge in [0.15, 0.2) is 5.92 Å². The second-order valence-corrected chi connectivity index (χ2v) is 3.79. The molecule has 3 N–H and O–H groups in total. The van der Waals surface area contributed by atoms with Crippen LogP contribution in [0.5, 0.6) is 0 Å². The zero-order valence-electron chi connectivity index (χ0n) is 8.18. The minimum Gasteiger partial charge on any atom is -0.481 e. The van der Waals surface area contributed by atoms with E-state index in [4.69, 9.17) is 15.3 Å². The summed E-state index contributed by atoms with van der Waals surface area (Å²) in [5.41, 5.74) is 0. The number of hydrogen-bond donors (Lipinski definition) is 3. The van der Waals surface area contributed by atoms with Gasteiger partial charge in [0.05, 0.1) is 12.2 Å². The lowest BCUT2D eigenvalue weighted by molar-refractivity contribution is -0.196. The zero-order chi connectivity index (χ0) is 12.5. The summed E-state index contributed by atoms with van der Waals surface area (Å²) in [6.07, 6.45) is -7.07. The molecule has 0 aromatic carbocycles. The molecule has 3 unspecified atom stereocenters. The van der Waals surface area contributed by atoms with E-state index in [0.29, 0.717) is 0 Å². The summed E-state index contributed by atoms with van der Waals surface area (Å²) in [4.78, 5) is 11.5. The molecule has 0 spiro atoms. The lowest BCUT2D eigenvalue weighted by Crippen LogP contribution is -2.41. The number of hydrogen-bond acceptors (Lipinski definition) is 4. The Hall–Kier alpha value is -0.860. The van der Waals surface area contributed by atoms with E-state index in [1.165, 1.54) is 0 Å². The van der Waals surface area contributed by atoms with Crippen LogP contribution in [0, 0.1) is 5.92 Å². The Balaban J connectivity index is 2.61. The molecule has 1 saturated heterocycles. The summed E-state index contributed by atoms with van der Waals surface area (Å²) in [6, 6.07) is 0. The number of alkyl halides is 3. The van der Waals surface area contributed by atoms with Gasteiger partial charge in [-0.2, -0.15) is 13.2 Å². The quantitative estimate of drug-likeness (QED) is 0.610. The number of carbonyl (C=O) groups is 1. The van der Waals surface area contributed by atoms with Gasteiger partial charge in [0.1, 0.15) is 0 Å². The molecular weight excluding hydrogens is 231 g/mol. The summed E-state index contributed by atoms with van der Waals surface area (Å²) >= 11 is 0. The molecular formula is C8H12F3NO4. The van der Waals surface area contributed by atoms with Crippen LogP contribution in [0.3, 0.4) is 0 Å². The number of nitrogens with zero attached hydrogens (tertiary/aromatic N) is 1. The van der Waals surface area contributed by atoms with Crippen molar-refractivity contribution in [3.8, 4) is 0 Å². The molecule has 0 aromatic rings. The maximum Gasteiger partial charge on any atom is 0.403 e. The van der Waals surface area contributed by atoms with Crippen molar-refractivity contribution in [2.45, 2.75) is 18.4 Å². The van der Waals surface area contributed by atoms with E-state index in [1.54, 1.807) is 0 Å². The molecule has 0 amide bonds. The Bertz CT molecular complexity index is 260. The fourth-order valence-electron chi connectivity index (χ4n) is 1.58. The average Bonchev–Trinajstić information content (AvgIpc) is 2.40. The first-order valence-electron chi connectivity index (χ1n) is 4.60. The van der Waals surface area contributed by atoms with Gasteiger partial charge < -0.3 is 15.3 Å². The molecule has 1 aliphatic rings. The van der Waals surface area contributed by atoms with Crippen molar-refractivity contribution in [1.82, 2.24) is 4.90 Å². The minimum atomic E-state index is -4.83. The summed E-state index contributed by atoms with van der Waals surface area (Å²) in [5, 5.41) is 26.6. The van der Waals surface area contributed by atoms with Crippen LogP contribution in [0.25, 0.3) is 0 Å². The topological polar surface area (TPSA) is 81.0 Å². The highest BCUT2D eigenvalue weighted by Gasteiger charge is 2.47. The molecule has 16 heavy (non-hydrogen) atoms. The molecule has 1 heterocycles. The molecule has 0 saturated carbocycles. The highest BCUT2D eigenvalue weighted by atomic mass is 19.4. The van der Waals surface area contributed by atoms with Crippen LogP contribution in [0.1, 0.15) is 0 Å². The van der Waals surface area contributed by atoms with Gasteiger partial charge in [-0.3, -0.25) is 9.69 Å². The van der Waals surface area contributed by atoms with Crippen LogP contribution >= 0.6 is 0 Å². The molecule has 0 radical (unpaired) electrons. The Morgan fingerprint density at radius 1 is 1.31 bits per heavy atom. The van der Waals surface area contributed by atoms with Gasteiger partial charge in [-0.25, -0.2) is 0 Å². The van der Waals surface area contributed by atoms with Gasteiger partial charge in [-0.15, -0.1) is 0 Å². The Morgan fingerprint density at radius 3 is 2.06 bits per heavy atom. The number of carboxylic acid groups (broad SMARTS) is 1. The highest BCUT2D eigenvalue weighted by Crippen LogP contribution is 2.28. The molecule has 8 heteroatoms. The Morgan fingerprint density at radius 2 is 1.75 bits per heavy atom. The number of aliphatic hydroxyl groups is 2. The zero-order valence-corrected chi connectivity index (χ0v) is 8.18. The van der Waals surface area contributed by atoms with Gasteiger partial charge >= 0.3 is 12.1 Å². The van der Waals surface area contributed by atoms with Gasteiger partial charge in [0.25, 0.3) is 0 Å². The average molecular weight is 243 g/mol. The van der Waals surface area contributed by atoms with Gasteiger partial charge in [-0.1, -0.05) is 0 Å². The largest absolute Gasteiger partial charge is 0.481 e. The number of aliphatic carboxylic acids is 1. The second-order valence-electron chi connectivity index (χ2n) is 3.79. The summed E-state index contributed by atoms with van der Waals surface area (Å²) < 4.78 is 36.9. The fourth-order valence-corrected chi connectivity index (χ4v) is 1.58. The van der Waals surface area contributed by atoms with Gasteiger partial charge in [0.2, 0.25) is 0 Å². The van der Waals surface area contributed by atoms with Crippen molar-refractivity contribution in [3.63, 3.8) is 0 Å². The summed E-state index contributed by atoms with van der Waals surface area (Å²) in [5.74, 6) is -4.45. The van der Waals surface area contributed by atoms with Gasteiger partial charge in [0, 0.05) is 19.6 Å². The predicted molar refractivity (Wildman–Crippen MR) is 45.6 cm³/mol. The maximum absolute atomic E-state index is 12.3. The van der Waals surface area contributed by atoms with E-state index >= 15 is 0 Å². The third-order valence-corrected chi connectivity index (χ3v) is 2.47. The number of carboxylic acids is 1. The van der Waals surface area contributed by atoms with Gasteiger partial charge in [-0.05, 0) is 0 Å². The highest BCUT2D eigenvalue weighted by molar-refractivity contribution is 5.71. The van der Waals surface area contributed by atoms with Crippen molar-refractivity contribution in [2.24, 2.45) is 5.92 Å². The second kappa shape index (κ2) is 4.56. The standard InChI is InChI=1S/C8H12F3NO4/c9-8(10,11)4(7(15)16)1-12-2-5(13)6(14)3-12/h4-6,13-14H,1-3H2,(H,15,16). The first-order valence-corrected chi connectivity index (χ1v) is 4.60. The molecule has 5 nitrogen and oxygen atoms in total. The van der Waals surface area contributed by atoms with Crippen LogP contribution < -0.4 is 0 Å². The van der Waals surface area contributed by atoms with Crippen molar-refractivity contribution in [1.29, 1.82) is 0 Å². The van der Waals surface area contributed by atoms with Crippen molar-refractivity contribution in [2.75, 3.05) is 19.6 Å². The van der Waals surface area contributed by atoms with Crippen LogP contribution in [-0.2, 0) is 4.79 Å². The number of likely N-dealkylation sites (tertiary alicyclic amines) is 1. The lowest BCUT2D eigenvalue weighted by atomic mass is 10.1. The SMILES string of the molecule is O=C(O)C(CN1CC(O)C(O)C1)C(F)(F)F. The number of β-amino-alcohol motifs (C(OH)–C–C–N with tert-alkyl or cyclic N) is 2. The van der Waals surface area contributed by atoms with Crippen LogP contribution in [0.4, 0.5) is 13.2 Å². The fraction of sp³-hybridized carbons (Fsp3) is 0.875. The van der Waals surface area contributed by atoms with E-state index in [-0.39, 0.29) is 13.1 Å². The molecule has 3 atom stereocenters. The third kappa shape index (κ3) is 3.06. The molecule has 1 aliphatic heterocycles. The van der Waals surface area contributed by atoms with Crippen molar-refractivity contribution >= 4 is 5.97 Å². The minimum absolute atomic E-state index is 0.152. The van der Waals surface area contributed by atoms with Crippen LogP contribution in [-0.4, -0.2) is 64.2 Å². The monoisotopic (exact) mass is 243 g/mol. The summed E-state index contributed by atoms with van der Waals surface area (Å²) in [7, 11) is 0. The molecule has 0 aliphatic carbocycles. The molecule has 1 rings (SSSR count). The summed E-state index contributed by atoms with van der Waals surface area (Å²) in [6.45, 7) is -1.06. The van der Waals surface area contributed by atoms with E-state index in [1.807, 2.05) is 0 Å². The number of halogens is 3. The Labute approximate surface area is 89.1 Å². The first-order chi connectivity index (χ1) is 7.21. The third-order valence-electron chi connectivity index (χ3n) is 2.47. The first kappa shape index (κ1) is 13.2.